The molecule has 3 N–H and O–H groups in total. The lowest BCUT2D eigenvalue weighted by Crippen LogP contribution is -2.48. The number of amides is 1. The summed E-state index contributed by atoms with van der Waals surface area (Å²) >= 11 is 5.90. The van der Waals surface area contributed by atoms with Gasteiger partial charge in [0, 0.05) is 17.1 Å². The number of nitrogens with one attached hydrogen (secondary N) is 1. The summed E-state index contributed by atoms with van der Waals surface area (Å²) < 4.78 is 5.16. The molecule has 0 spiro atoms. The number of halogens is 1. The lowest BCUT2D eigenvalue weighted by molar-refractivity contribution is 0.108. The van der Waals surface area contributed by atoms with E-state index in [1.165, 1.54) is 4.90 Å². The molecule has 0 aliphatic carbocycles. The number of hydrogen-bond acceptors (Lipinski definition) is 4. The summed E-state index contributed by atoms with van der Waals surface area (Å²) in [5.41, 5.74) is 3.35. The third kappa shape index (κ3) is 1.73. The Hall–Kier alpha value is -1.30. The Bertz CT molecular complexity index is 425. The molecule has 2 rings (SSSR count). The predicted molar refractivity (Wildman–Crippen MR) is 59.9 cm³/mol. The summed E-state index contributed by atoms with van der Waals surface area (Å²) in [6.45, 7) is 2.35. The van der Waals surface area contributed by atoms with Crippen LogP contribution >= 0.6 is 11.6 Å². The number of nitrogens with two attached hydrogens (primary N) is 1. The zero-order valence-electron chi connectivity index (χ0n) is 8.74. The van der Waals surface area contributed by atoms with E-state index in [0.29, 0.717) is 17.3 Å². The van der Waals surface area contributed by atoms with Gasteiger partial charge in [-0.05, 0) is 25.1 Å². The van der Waals surface area contributed by atoms with Crippen LogP contribution in [0.4, 0.5) is 4.79 Å². The number of rotatable bonds is 2. The van der Waals surface area contributed by atoms with Gasteiger partial charge in [-0.15, -0.1) is 0 Å². The number of hydrazine groups is 1. The van der Waals surface area contributed by atoms with Crippen molar-refractivity contribution in [3.05, 3.63) is 28.8 Å². The maximum atomic E-state index is 11.6. The minimum Gasteiger partial charge on any atom is -0.410 e. The van der Waals surface area contributed by atoms with Gasteiger partial charge in [0.2, 0.25) is 0 Å². The molecule has 86 valence electrons. The quantitative estimate of drug-likeness (QED) is 0.610. The fourth-order valence-corrected chi connectivity index (χ4v) is 1.92. The van der Waals surface area contributed by atoms with Crippen molar-refractivity contribution in [1.29, 1.82) is 0 Å². The summed E-state index contributed by atoms with van der Waals surface area (Å²) in [4.78, 5) is 13.1. The van der Waals surface area contributed by atoms with Crippen molar-refractivity contribution in [2.75, 3.05) is 6.54 Å². The molecule has 1 unspecified atom stereocenters. The van der Waals surface area contributed by atoms with Crippen LogP contribution in [-0.2, 0) is 0 Å². The van der Waals surface area contributed by atoms with Crippen molar-refractivity contribution < 1.29 is 9.53 Å². The number of fused-ring (bicyclic) bond motifs is 1. The van der Waals surface area contributed by atoms with Gasteiger partial charge < -0.3 is 4.74 Å². The first-order valence-corrected chi connectivity index (χ1v) is 5.29. The number of ether oxygens (including phenoxy) is 1. The Morgan fingerprint density at radius 1 is 1.62 bits per heavy atom. The first-order valence-electron chi connectivity index (χ1n) is 4.91. The summed E-state index contributed by atoms with van der Waals surface area (Å²) in [6.07, 6.45) is -0.819. The van der Waals surface area contributed by atoms with Gasteiger partial charge in [-0.1, -0.05) is 11.6 Å². The Kier molecular flexibility index (Phi) is 3.00. The third-order valence-electron chi connectivity index (χ3n) is 2.51. The van der Waals surface area contributed by atoms with E-state index < -0.39 is 12.3 Å². The first-order chi connectivity index (χ1) is 7.67. The van der Waals surface area contributed by atoms with Gasteiger partial charge in [-0.25, -0.2) is 10.2 Å². The van der Waals surface area contributed by atoms with Gasteiger partial charge in [0.05, 0.1) is 0 Å². The van der Waals surface area contributed by atoms with E-state index in [0.717, 1.165) is 5.56 Å². The normalized spacial score (nSPS) is 19.3. The molecule has 1 heterocycles. The second-order valence-corrected chi connectivity index (χ2v) is 3.84. The average molecular weight is 242 g/mol. The smallest absolute Gasteiger partial charge is 0.410 e. The predicted octanol–water partition coefficient (Wildman–Crippen LogP) is 1.64. The Morgan fingerprint density at radius 3 is 3.00 bits per heavy atom. The van der Waals surface area contributed by atoms with E-state index in [1.807, 2.05) is 6.92 Å². The van der Waals surface area contributed by atoms with Crippen LogP contribution < -0.4 is 16.0 Å². The van der Waals surface area contributed by atoms with Crippen molar-refractivity contribution >= 4 is 17.7 Å². The minimum atomic E-state index is -0.416. The number of benzene rings is 1. The number of hydrogen-bond donors (Lipinski definition) is 2. The highest BCUT2D eigenvalue weighted by Gasteiger charge is 2.32. The maximum Gasteiger partial charge on any atom is 0.416 e. The van der Waals surface area contributed by atoms with Gasteiger partial charge in [0.25, 0.3) is 0 Å². The van der Waals surface area contributed by atoms with Gasteiger partial charge >= 0.3 is 6.09 Å². The van der Waals surface area contributed by atoms with Crippen LogP contribution in [0.5, 0.6) is 5.75 Å². The molecule has 1 aromatic rings. The molecule has 1 atom stereocenters. The standard InChI is InChI=1S/C10H12ClN3O2/c1-2-14-9(13-12)7-5-6(11)3-4-8(7)16-10(14)15/h3-5,9,13H,2,12H2,1H3. The largest absolute Gasteiger partial charge is 0.416 e. The zero-order chi connectivity index (χ0) is 11.7. The monoisotopic (exact) mass is 241 g/mol. The van der Waals surface area contributed by atoms with Crippen molar-refractivity contribution in [2.45, 2.75) is 13.1 Å². The lowest BCUT2D eigenvalue weighted by atomic mass is 10.1. The molecule has 0 aromatic heterocycles. The van der Waals surface area contributed by atoms with Crippen molar-refractivity contribution in [3.63, 3.8) is 0 Å². The summed E-state index contributed by atoms with van der Waals surface area (Å²) in [6, 6.07) is 5.06. The number of nitrogens with zero attached hydrogens (tertiary/aromatic N) is 1. The number of carbonyl (C=O) groups is 1. The van der Waals surface area contributed by atoms with Gasteiger partial charge in [-0.3, -0.25) is 10.7 Å². The molecule has 1 amide bonds. The van der Waals surface area contributed by atoms with E-state index in [-0.39, 0.29) is 0 Å². The molecule has 0 saturated carbocycles. The van der Waals surface area contributed by atoms with Crippen molar-refractivity contribution in [3.8, 4) is 5.75 Å². The van der Waals surface area contributed by atoms with Crippen molar-refractivity contribution in [1.82, 2.24) is 10.3 Å². The molecule has 0 fully saturated rings. The van der Waals surface area contributed by atoms with Gasteiger partial charge in [0.1, 0.15) is 11.9 Å². The Labute approximate surface area is 98.1 Å². The fraction of sp³-hybridized carbons (Fsp3) is 0.300. The van der Waals surface area contributed by atoms with Crippen LogP contribution in [0, 0.1) is 0 Å². The molecule has 6 heteroatoms. The summed E-state index contributed by atoms with van der Waals surface area (Å²) in [7, 11) is 0. The molecule has 0 saturated heterocycles. The van der Waals surface area contributed by atoms with E-state index >= 15 is 0 Å². The molecule has 16 heavy (non-hydrogen) atoms. The summed E-state index contributed by atoms with van der Waals surface area (Å²) in [5.74, 6) is 5.94. The Morgan fingerprint density at radius 2 is 2.38 bits per heavy atom. The molecule has 0 radical (unpaired) electrons. The maximum absolute atomic E-state index is 11.6. The molecule has 1 aliphatic heterocycles. The van der Waals surface area contributed by atoms with Crippen LogP contribution in [0.1, 0.15) is 18.7 Å². The zero-order valence-corrected chi connectivity index (χ0v) is 9.49. The molecule has 1 aromatic carbocycles. The van der Waals surface area contributed by atoms with Crippen molar-refractivity contribution in [2.24, 2.45) is 5.84 Å². The van der Waals surface area contributed by atoms with Gasteiger partial charge in [0.15, 0.2) is 0 Å². The highest BCUT2D eigenvalue weighted by molar-refractivity contribution is 6.30. The SMILES string of the molecule is CCN1C(=O)Oc2ccc(Cl)cc2C1NN. The third-order valence-corrected chi connectivity index (χ3v) is 2.74. The van der Waals surface area contributed by atoms with E-state index in [4.69, 9.17) is 22.2 Å². The first kappa shape index (κ1) is 11.2. The lowest BCUT2D eigenvalue weighted by Gasteiger charge is -2.34. The van der Waals surface area contributed by atoms with Gasteiger partial charge in [-0.2, -0.15) is 0 Å². The molecular formula is C10H12ClN3O2. The van der Waals surface area contributed by atoms with E-state index in [1.54, 1.807) is 18.2 Å². The van der Waals surface area contributed by atoms with E-state index in [2.05, 4.69) is 5.43 Å². The van der Waals surface area contributed by atoms with Crippen LogP contribution in [0.25, 0.3) is 0 Å². The second kappa shape index (κ2) is 4.29. The molecule has 0 bridgehead atoms. The van der Waals surface area contributed by atoms with Crippen LogP contribution in [0.15, 0.2) is 18.2 Å². The summed E-state index contributed by atoms with van der Waals surface area (Å²) in [5, 5.41) is 0.577. The number of carbonyl (C=O) groups excluding carboxylic acids is 1. The van der Waals surface area contributed by atoms with Crippen LogP contribution in [0.2, 0.25) is 5.02 Å². The molecular weight excluding hydrogens is 230 g/mol. The second-order valence-electron chi connectivity index (χ2n) is 3.41. The minimum absolute atomic E-state index is 0.403. The average Bonchev–Trinajstić information content (AvgIpc) is 2.28. The van der Waals surface area contributed by atoms with Crippen LogP contribution in [0.3, 0.4) is 0 Å². The molecule has 5 nitrogen and oxygen atoms in total. The van der Waals surface area contributed by atoms with E-state index in [9.17, 15) is 4.79 Å². The highest BCUT2D eigenvalue weighted by Crippen LogP contribution is 2.34. The topological polar surface area (TPSA) is 67.6 Å². The Balaban J connectivity index is 2.48. The van der Waals surface area contributed by atoms with Crippen LogP contribution in [-0.4, -0.2) is 17.5 Å². The highest BCUT2D eigenvalue weighted by atomic mass is 35.5. The molecule has 1 aliphatic rings. The fourth-order valence-electron chi connectivity index (χ4n) is 1.74.